The molecule has 30 heavy (non-hydrogen) atoms. The minimum absolute atomic E-state index is 0.102. The van der Waals surface area contributed by atoms with Crippen LogP contribution in [0.15, 0.2) is 61.1 Å². The number of aliphatic hydroxyl groups is 1. The average molecular weight is 428 g/mol. The molecule has 3 aromatic rings. The number of hydrogen-bond donors (Lipinski definition) is 2. The molecule has 2 aromatic carbocycles. The van der Waals surface area contributed by atoms with Crippen LogP contribution in [-0.2, 0) is 11.3 Å². The summed E-state index contributed by atoms with van der Waals surface area (Å²) >= 11 is 6.01. The van der Waals surface area contributed by atoms with Gasteiger partial charge in [-0.25, -0.2) is 4.98 Å². The lowest BCUT2D eigenvalue weighted by atomic mass is 10.2. The minimum Gasteiger partial charge on any atom is -0.493 e. The second kappa shape index (κ2) is 10.5. The number of rotatable bonds is 9. The van der Waals surface area contributed by atoms with E-state index >= 15 is 0 Å². The van der Waals surface area contributed by atoms with E-state index in [4.69, 9.17) is 26.2 Å². The summed E-state index contributed by atoms with van der Waals surface area (Å²) in [7, 11) is 1.54. The molecular formula is C22H22ClN3O4. The fraction of sp³-hybridized carbons (Fsp3) is 0.182. The summed E-state index contributed by atoms with van der Waals surface area (Å²) in [5.41, 5.74) is 1.79. The Labute approximate surface area is 179 Å². The van der Waals surface area contributed by atoms with E-state index in [2.05, 4.69) is 10.3 Å². The van der Waals surface area contributed by atoms with E-state index < -0.39 is 0 Å². The highest BCUT2D eigenvalue weighted by Gasteiger charge is 2.06. The van der Waals surface area contributed by atoms with E-state index in [9.17, 15) is 4.79 Å². The molecule has 0 aliphatic carbocycles. The summed E-state index contributed by atoms with van der Waals surface area (Å²) in [6.45, 7) is 0.652. The Bertz CT molecular complexity index is 1030. The van der Waals surface area contributed by atoms with E-state index in [1.807, 2.05) is 28.8 Å². The lowest BCUT2D eigenvalue weighted by Gasteiger charge is -2.10. The van der Waals surface area contributed by atoms with Crippen molar-refractivity contribution in [2.24, 2.45) is 0 Å². The first-order valence-electron chi connectivity index (χ1n) is 9.24. The molecule has 0 saturated heterocycles. The third-order valence-electron chi connectivity index (χ3n) is 4.10. The molecule has 0 radical (unpaired) electrons. The highest BCUT2D eigenvalue weighted by molar-refractivity contribution is 6.30. The first-order chi connectivity index (χ1) is 14.6. The standard InChI is InChI=1S/C22H22ClN3O4/c1-29-19-7-5-16(12-20(19)30-10-9-27)6-8-22(28)25-21-14-26(15-24-21)13-17-3-2-4-18(23)11-17/h2-8,11-12,14-15,27H,9-10,13H2,1H3,(H,25,28)/b8-6+. The number of benzene rings is 2. The largest absolute Gasteiger partial charge is 0.493 e. The Balaban J connectivity index is 1.60. The number of aromatic nitrogens is 2. The van der Waals surface area contributed by atoms with Gasteiger partial charge >= 0.3 is 0 Å². The normalized spacial score (nSPS) is 10.9. The molecule has 156 valence electrons. The summed E-state index contributed by atoms with van der Waals surface area (Å²) in [4.78, 5) is 16.4. The van der Waals surface area contributed by atoms with Crippen molar-refractivity contribution in [2.45, 2.75) is 6.54 Å². The molecule has 3 rings (SSSR count). The second-order valence-corrected chi connectivity index (χ2v) is 6.80. The van der Waals surface area contributed by atoms with E-state index in [0.717, 1.165) is 11.1 Å². The van der Waals surface area contributed by atoms with Gasteiger partial charge in [0.1, 0.15) is 6.61 Å². The molecule has 0 aliphatic rings. The third kappa shape index (κ3) is 6.10. The fourth-order valence-corrected chi connectivity index (χ4v) is 2.98. The first kappa shape index (κ1) is 21.4. The number of methoxy groups -OCH3 is 1. The van der Waals surface area contributed by atoms with Gasteiger partial charge in [0.25, 0.3) is 0 Å². The van der Waals surface area contributed by atoms with Crippen LogP contribution in [-0.4, -0.2) is 40.9 Å². The Morgan fingerprint density at radius 3 is 2.90 bits per heavy atom. The van der Waals surface area contributed by atoms with Crippen LogP contribution in [0.2, 0.25) is 5.02 Å². The van der Waals surface area contributed by atoms with Crippen molar-refractivity contribution in [3.63, 3.8) is 0 Å². The summed E-state index contributed by atoms with van der Waals surface area (Å²) < 4.78 is 12.5. The highest BCUT2D eigenvalue weighted by atomic mass is 35.5. The van der Waals surface area contributed by atoms with Gasteiger partial charge in [0, 0.05) is 23.8 Å². The molecule has 2 N–H and O–H groups in total. The quantitative estimate of drug-likeness (QED) is 0.509. The molecule has 0 aliphatic heterocycles. The van der Waals surface area contributed by atoms with Crippen molar-refractivity contribution in [1.82, 2.24) is 9.55 Å². The van der Waals surface area contributed by atoms with Gasteiger partial charge in [-0.1, -0.05) is 29.8 Å². The lowest BCUT2D eigenvalue weighted by molar-refractivity contribution is -0.111. The first-order valence-corrected chi connectivity index (χ1v) is 9.62. The number of halogens is 1. The number of carbonyl (C=O) groups is 1. The maximum atomic E-state index is 12.2. The smallest absolute Gasteiger partial charge is 0.249 e. The molecule has 0 unspecified atom stereocenters. The summed E-state index contributed by atoms with van der Waals surface area (Å²) in [5, 5.41) is 12.3. The van der Waals surface area contributed by atoms with E-state index in [-0.39, 0.29) is 19.1 Å². The monoisotopic (exact) mass is 427 g/mol. The van der Waals surface area contributed by atoms with Crippen molar-refractivity contribution >= 4 is 29.4 Å². The number of ether oxygens (including phenoxy) is 2. The Morgan fingerprint density at radius 1 is 1.27 bits per heavy atom. The van der Waals surface area contributed by atoms with Crippen molar-refractivity contribution < 1.29 is 19.4 Å². The SMILES string of the molecule is COc1ccc(/C=C/C(=O)Nc2cn(Cc3cccc(Cl)c3)cn2)cc1OCCO. The van der Waals surface area contributed by atoms with Crippen LogP contribution in [0.25, 0.3) is 6.08 Å². The van der Waals surface area contributed by atoms with Gasteiger partial charge < -0.3 is 24.5 Å². The Hall–Kier alpha value is -3.29. The van der Waals surface area contributed by atoms with Crippen molar-refractivity contribution in [3.8, 4) is 11.5 Å². The van der Waals surface area contributed by atoms with Crippen LogP contribution < -0.4 is 14.8 Å². The van der Waals surface area contributed by atoms with Crippen molar-refractivity contribution in [1.29, 1.82) is 0 Å². The van der Waals surface area contributed by atoms with Crippen LogP contribution >= 0.6 is 11.6 Å². The zero-order chi connectivity index (χ0) is 21.3. The van der Waals surface area contributed by atoms with Gasteiger partial charge in [0.2, 0.25) is 5.91 Å². The predicted molar refractivity (Wildman–Crippen MR) is 116 cm³/mol. The second-order valence-electron chi connectivity index (χ2n) is 6.37. The fourth-order valence-electron chi connectivity index (χ4n) is 2.76. The maximum absolute atomic E-state index is 12.2. The number of nitrogens with zero attached hydrogens (tertiary/aromatic N) is 2. The predicted octanol–water partition coefficient (Wildman–Crippen LogP) is 3.62. The number of imidazole rings is 1. The number of amides is 1. The Morgan fingerprint density at radius 2 is 2.13 bits per heavy atom. The molecule has 0 spiro atoms. The molecule has 8 heteroatoms. The maximum Gasteiger partial charge on any atom is 0.249 e. The molecule has 1 amide bonds. The molecule has 1 heterocycles. The van der Waals surface area contributed by atoms with Gasteiger partial charge in [0.05, 0.1) is 20.0 Å². The number of nitrogens with one attached hydrogen (secondary N) is 1. The van der Waals surface area contributed by atoms with Crippen molar-refractivity contribution in [2.75, 3.05) is 25.6 Å². The van der Waals surface area contributed by atoms with Gasteiger partial charge in [0.15, 0.2) is 17.3 Å². The summed E-state index contributed by atoms with van der Waals surface area (Å²) in [6, 6.07) is 12.8. The molecule has 0 bridgehead atoms. The molecule has 0 saturated carbocycles. The van der Waals surface area contributed by atoms with E-state index in [0.29, 0.717) is 28.9 Å². The van der Waals surface area contributed by atoms with Crippen LogP contribution in [0.5, 0.6) is 11.5 Å². The lowest BCUT2D eigenvalue weighted by Crippen LogP contribution is -2.08. The topological polar surface area (TPSA) is 85.6 Å². The summed E-state index contributed by atoms with van der Waals surface area (Å²) in [5.74, 6) is 1.19. The summed E-state index contributed by atoms with van der Waals surface area (Å²) in [6.07, 6.45) is 6.46. The zero-order valence-electron chi connectivity index (χ0n) is 16.4. The van der Waals surface area contributed by atoms with Crippen molar-refractivity contribution in [3.05, 3.63) is 77.2 Å². The van der Waals surface area contributed by atoms with Crippen LogP contribution in [0.4, 0.5) is 5.82 Å². The van der Waals surface area contributed by atoms with Gasteiger partial charge in [-0.15, -0.1) is 0 Å². The Kier molecular flexibility index (Phi) is 7.48. The van der Waals surface area contributed by atoms with Gasteiger partial charge in [-0.3, -0.25) is 4.79 Å². The number of carbonyl (C=O) groups excluding carboxylic acids is 1. The van der Waals surface area contributed by atoms with Gasteiger partial charge in [-0.05, 0) is 41.5 Å². The molecular weight excluding hydrogens is 406 g/mol. The number of aliphatic hydroxyl groups excluding tert-OH is 1. The average Bonchev–Trinajstić information content (AvgIpc) is 3.17. The molecule has 7 nitrogen and oxygen atoms in total. The zero-order valence-corrected chi connectivity index (χ0v) is 17.2. The highest BCUT2D eigenvalue weighted by Crippen LogP contribution is 2.28. The van der Waals surface area contributed by atoms with E-state index in [1.165, 1.54) is 13.2 Å². The molecule has 0 fully saturated rings. The third-order valence-corrected chi connectivity index (χ3v) is 4.34. The van der Waals surface area contributed by atoms with Crippen LogP contribution in [0.3, 0.4) is 0 Å². The number of hydrogen-bond acceptors (Lipinski definition) is 5. The van der Waals surface area contributed by atoms with Crippen LogP contribution in [0.1, 0.15) is 11.1 Å². The minimum atomic E-state index is -0.309. The number of anilines is 1. The molecule has 0 atom stereocenters. The van der Waals surface area contributed by atoms with E-state index in [1.54, 1.807) is 36.8 Å². The molecule has 1 aromatic heterocycles. The van der Waals surface area contributed by atoms with Gasteiger partial charge in [-0.2, -0.15) is 0 Å². The van der Waals surface area contributed by atoms with Crippen LogP contribution in [0, 0.1) is 0 Å².